The Bertz CT molecular complexity index is 289. The number of fused-ring (bicyclic) bond motifs is 2. The van der Waals surface area contributed by atoms with E-state index >= 15 is 0 Å². The van der Waals surface area contributed by atoms with Crippen molar-refractivity contribution in [3.05, 3.63) is 0 Å². The first-order valence-electron chi connectivity index (χ1n) is 6.69. The first-order valence-corrected chi connectivity index (χ1v) is 6.69. The third-order valence-corrected chi connectivity index (χ3v) is 4.39. The average Bonchev–Trinajstić information content (AvgIpc) is 2.67. The van der Waals surface area contributed by atoms with Crippen LogP contribution in [-0.2, 0) is 9.53 Å². The first-order chi connectivity index (χ1) is 8.09. The SMILES string of the molecule is CCC(C)(OC)C(=O)N1CCC2CCC(C1)N2. The van der Waals surface area contributed by atoms with Crippen LogP contribution in [0.2, 0.25) is 0 Å². The van der Waals surface area contributed by atoms with Crippen LogP contribution in [-0.4, -0.2) is 48.7 Å². The summed E-state index contributed by atoms with van der Waals surface area (Å²) < 4.78 is 5.41. The molecule has 2 heterocycles. The molecule has 0 aromatic carbocycles. The number of ether oxygens (including phenoxy) is 1. The van der Waals surface area contributed by atoms with E-state index in [1.807, 2.05) is 18.7 Å². The third-order valence-electron chi connectivity index (χ3n) is 4.39. The number of nitrogens with zero attached hydrogens (tertiary/aromatic N) is 1. The second-order valence-corrected chi connectivity index (χ2v) is 5.47. The summed E-state index contributed by atoms with van der Waals surface area (Å²) in [5.41, 5.74) is -0.649. The van der Waals surface area contributed by atoms with Crippen molar-refractivity contribution in [3.63, 3.8) is 0 Å². The van der Waals surface area contributed by atoms with Crippen molar-refractivity contribution < 1.29 is 9.53 Å². The van der Waals surface area contributed by atoms with Gasteiger partial charge in [0.25, 0.3) is 5.91 Å². The van der Waals surface area contributed by atoms with Gasteiger partial charge in [-0.25, -0.2) is 0 Å². The maximum atomic E-state index is 12.5. The molecule has 1 amide bonds. The number of carbonyl (C=O) groups excluding carboxylic acids is 1. The molecule has 98 valence electrons. The van der Waals surface area contributed by atoms with E-state index in [1.165, 1.54) is 12.8 Å². The van der Waals surface area contributed by atoms with E-state index < -0.39 is 5.60 Å². The Balaban J connectivity index is 2.04. The predicted octanol–water partition coefficient (Wildman–Crippen LogP) is 1.15. The number of amides is 1. The molecule has 2 fully saturated rings. The van der Waals surface area contributed by atoms with Crippen molar-refractivity contribution in [1.29, 1.82) is 0 Å². The highest BCUT2D eigenvalue weighted by Gasteiger charge is 2.38. The molecule has 4 nitrogen and oxygen atoms in total. The van der Waals surface area contributed by atoms with Crippen molar-refractivity contribution in [2.45, 2.75) is 57.2 Å². The number of rotatable bonds is 3. The molecule has 1 N–H and O–H groups in total. The third kappa shape index (κ3) is 2.47. The molecule has 0 saturated carbocycles. The fourth-order valence-corrected chi connectivity index (χ4v) is 2.84. The van der Waals surface area contributed by atoms with E-state index in [1.54, 1.807) is 7.11 Å². The van der Waals surface area contributed by atoms with Gasteiger partial charge in [0.15, 0.2) is 0 Å². The standard InChI is InChI=1S/C13H24N2O2/c1-4-13(2,17-3)12(16)15-8-7-10-5-6-11(9-15)14-10/h10-11,14H,4-9H2,1-3H3. The minimum Gasteiger partial charge on any atom is -0.369 e. The zero-order chi connectivity index (χ0) is 12.5. The molecule has 0 radical (unpaired) electrons. The molecule has 0 aliphatic carbocycles. The molecule has 0 aromatic heterocycles. The highest BCUT2D eigenvalue weighted by molar-refractivity contribution is 5.85. The van der Waals surface area contributed by atoms with Gasteiger partial charge >= 0.3 is 0 Å². The van der Waals surface area contributed by atoms with Gasteiger partial charge < -0.3 is 15.0 Å². The summed E-state index contributed by atoms with van der Waals surface area (Å²) in [7, 11) is 1.63. The zero-order valence-electron chi connectivity index (χ0n) is 11.2. The Morgan fingerprint density at radius 3 is 2.76 bits per heavy atom. The summed E-state index contributed by atoms with van der Waals surface area (Å²) >= 11 is 0. The zero-order valence-corrected chi connectivity index (χ0v) is 11.2. The summed E-state index contributed by atoms with van der Waals surface area (Å²) in [5.74, 6) is 0.150. The lowest BCUT2D eigenvalue weighted by Gasteiger charge is -2.33. The summed E-state index contributed by atoms with van der Waals surface area (Å²) in [6.07, 6.45) is 4.26. The van der Waals surface area contributed by atoms with Crippen LogP contribution in [0, 0.1) is 0 Å². The van der Waals surface area contributed by atoms with Crippen LogP contribution >= 0.6 is 0 Å². The van der Waals surface area contributed by atoms with Gasteiger partial charge in [-0.05, 0) is 32.6 Å². The van der Waals surface area contributed by atoms with Gasteiger partial charge in [-0.1, -0.05) is 6.92 Å². The van der Waals surface area contributed by atoms with Gasteiger partial charge in [0.2, 0.25) is 0 Å². The van der Waals surface area contributed by atoms with E-state index in [0.29, 0.717) is 12.1 Å². The highest BCUT2D eigenvalue weighted by atomic mass is 16.5. The van der Waals surface area contributed by atoms with Crippen LogP contribution in [0.3, 0.4) is 0 Å². The second-order valence-electron chi connectivity index (χ2n) is 5.47. The minimum atomic E-state index is -0.649. The Hall–Kier alpha value is -0.610. The summed E-state index contributed by atoms with van der Waals surface area (Å²) in [6, 6.07) is 1.11. The largest absolute Gasteiger partial charge is 0.369 e. The van der Waals surface area contributed by atoms with Gasteiger partial charge in [0, 0.05) is 32.3 Å². The molecule has 17 heavy (non-hydrogen) atoms. The molecular weight excluding hydrogens is 216 g/mol. The molecule has 2 bridgehead atoms. The minimum absolute atomic E-state index is 0.150. The van der Waals surface area contributed by atoms with Gasteiger partial charge in [-0.15, -0.1) is 0 Å². The number of carbonyl (C=O) groups is 1. The van der Waals surface area contributed by atoms with Crippen LogP contribution in [0.25, 0.3) is 0 Å². The lowest BCUT2D eigenvalue weighted by Crippen LogP contribution is -2.50. The molecule has 2 saturated heterocycles. The van der Waals surface area contributed by atoms with Crippen molar-refractivity contribution in [2.24, 2.45) is 0 Å². The fraction of sp³-hybridized carbons (Fsp3) is 0.923. The average molecular weight is 240 g/mol. The molecule has 0 aromatic rings. The van der Waals surface area contributed by atoms with Gasteiger partial charge in [-0.3, -0.25) is 4.79 Å². The van der Waals surface area contributed by atoms with Crippen LogP contribution in [0.15, 0.2) is 0 Å². The Kier molecular flexibility index (Phi) is 3.73. The van der Waals surface area contributed by atoms with Gasteiger partial charge in [-0.2, -0.15) is 0 Å². The summed E-state index contributed by atoms with van der Waals surface area (Å²) in [5, 5.41) is 3.59. The molecule has 2 aliphatic rings. The van der Waals surface area contributed by atoms with Crippen LogP contribution in [0.1, 0.15) is 39.5 Å². The first kappa shape index (κ1) is 12.8. The number of likely N-dealkylation sites (tertiary alicyclic amines) is 1. The molecule has 3 unspecified atom stereocenters. The molecule has 4 heteroatoms. The fourth-order valence-electron chi connectivity index (χ4n) is 2.84. The topological polar surface area (TPSA) is 41.6 Å². The quantitative estimate of drug-likeness (QED) is 0.804. The summed E-state index contributed by atoms with van der Waals surface area (Å²) in [6.45, 7) is 5.61. The number of nitrogens with one attached hydrogen (secondary N) is 1. The van der Waals surface area contributed by atoms with E-state index in [2.05, 4.69) is 5.32 Å². The van der Waals surface area contributed by atoms with Crippen molar-refractivity contribution in [3.8, 4) is 0 Å². The lowest BCUT2D eigenvalue weighted by molar-refractivity contribution is -0.153. The maximum absolute atomic E-state index is 12.5. The van der Waals surface area contributed by atoms with E-state index in [9.17, 15) is 4.79 Å². The Morgan fingerprint density at radius 2 is 2.12 bits per heavy atom. The predicted molar refractivity (Wildman–Crippen MR) is 66.8 cm³/mol. The number of methoxy groups -OCH3 is 1. The molecule has 0 spiro atoms. The summed E-state index contributed by atoms with van der Waals surface area (Å²) in [4.78, 5) is 14.5. The van der Waals surface area contributed by atoms with Crippen molar-refractivity contribution in [1.82, 2.24) is 10.2 Å². The number of hydrogen-bond acceptors (Lipinski definition) is 3. The van der Waals surface area contributed by atoms with E-state index in [0.717, 1.165) is 25.9 Å². The van der Waals surface area contributed by atoms with Gasteiger partial charge in [0.1, 0.15) is 5.60 Å². The van der Waals surface area contributed by atoms with Crippen molar-refractivity contribution in [2.75, 3.05) is 20.2 Å². The lowest BCUT2D eigenvalue weighted by atomic mass is 9.99. The normalized spacial score (nSPS) is 32.1. The highest BCUT2D eigenvalue weighted by Crippen LogP contribution is 2.24. The number of hydrogen-bond donors (Lipinski definition) is 1. The Morgan fingerprint density at radius 1 is 1.41 bits per heavy atom. The Labute approximate surface area is 104 Å². The van der Waals surface area contributed by atoms with Crippen molar-refractivity contribution >= 4 is 5.91 Å². The van der Waals surface area contributed by atoms with Gasteiger partial charge in [0.05, 0.1) is 0 Å². The van der Waals surface area contributed by atoms with E-state index in [-0.39, 0.29) is 5.91 Å². The monoisotopic (exact) mass is 240 g/mol. The van der Waals surface area contributed by atoms with Crippen LogP contribution in [0.4, 0.5) is 0 Å². The molecule has 2 aliphatic heterocycles. The smallest absolute Gasteiger partial charge is 0.254 e. The van der Waals surface area contributed by atoms with E-state index in [4.69, 9.17) is 4.74 Å². The molecule has 2 rings (SSSR count). The maximum Gasteiger partial charge on any atom is 0.254 e. The molecular formula is C13H24N2O2. The molecule has 3 atom stereocenters. The van der Waals surface area contributed by atoms with Crippen LogP contribution in [0.5, 0.6) is 0 Å². The van der Waals surface area contributed by atoms with Crippen LogP contribution < -0.4 is 5.32 Å². The second kappa shape index (κ2) is 4.94.